The highest BCUT2D eigenvalue weighted by molar-refractivity contribution is 14.1. The first kappa shape index (κ1) is 55.0. The Morgan fingerprint density at radius 2 is 1.56 bits per heavy atom. The Labute approximate surface area is 408 Å². The number of nitrogens with zero attached hydrogens (tertiary/aromatic N) is 9. The molecule has 0 fully saturated rings. The molecule has 6 N–H and O–H groups in total. The van der Waals surface area contributed by atoms with E-state index in [1.54, 1.807) is 18.5 Å². The maximum atomic E-state index is 12.3. The fraction of sp³-hybridized carbons (Fsp3) is 0.432. The molecule has 5 aromatic rings. The van der Waals surface area contributed by atoms with E-state index in [2.05, 4.69) is 91.7 Å². The zero-order chi connectivity index (χ0) is 46.0. The number of aryl methyl sites for hydroxylation is 4. The Kier molecular flexibility index (Phi) is 25.8. The Balaban J connectivity index is 0.000000345. The van der Waals surface area contributed by atoms with E-state index in [9.17, 15) is 14.4 Å². The summed E-state index contributed by atoms with van der Waals surface area (Å²) in [7, 11) is 0. The molecule has 2 aromatic carbocycles. The van der Waals surface area contributed by atoms with Gasteiger partial charge < -0.3 is 26.5 Å². The number of azide groups is 1. The standard InChI is InChI=1S/C20H25IN6O.C15H23N3O2.C9H9IN4O.ClH/c21-18-10-5-4-9-17(18)19(28)11-6-12-27-14-16(25-26-27)8-3-1-2-7-15-13-23-20(22)24-15;1-5-6-7-8-9-10-12-11-18(13(16)17-12)14(19)20-15(2,3)4;10-8-4-2-1-3-7(8)9(15)12-5-6-13-14-11;/h4-5,9-10,13-14H,1-3,6-8,11-12H2,(H3,22,23,24);1,11H,6-10H2,2-4H3,(H2,16,17);1-4H,5-6H2,(H,12,15);1H. The van der Waals surface area contributed by atoms with Gasteiger partial charge in [-0.3, -0.25) is 14.3 Å². The van der Waals surface area contributed by atoms with E-state index >= 15 is 0 Å². The maximum absolute atomic E-state index is 12.3. The predicted molar refractivity (Wildman–Crippen MR) is 269 cm³/mol. The Morgan fingerprint density at radius 1 is 0.922 bits per heavy atom. The summed E-state index contributed by atoms with van der Waals surface area (Å²) in [6.45, 7) is 6.77. The normalized spacial score (nSPS) is 10.4. The number of nitrogens with two attached hydrogens (primary N) is 2. The minimum atomic E-state index is -0.552. The lowest BCUT2D eigenvalue weighted by molar-refractivity contribution is 0.0540. The fourth-order valence-corrected chi connectivity index (χ4v) is 7.15. The number of nitrogen functional groups attached to an aromatic ring is 2. The van der Waals surface area contributed by atoms with Gasteiger partial charge in [0.15, 0.2) is 11.7 Å². The second-order valence-electron chi connectivity index (χ2n) is 15.2. The summed E-state index contributed by atoms with van der Waals surface area (Å²) in [5.74, 6) is 3.30. The van der Waals surface area contributed by atoms with E-state index in [0.29, 0.717) is 31.0 Å². The zero-order valence-corrected chi connectivity index (χ0v) is 41.6. The summed E-state index contributed by atoms with van der Waals surface area (Å²) in [4.78, 5) is 49.6. The number of nitrogens with one attached hydrogen (secondary N) is 2. The van der Waals surface area contributed by atoms with Gasteiger partial charge in [0.05, 0.1) is 23.1 Å². The number of hydrogen-bond donors (Lipinski definition) is 4. The van der Waals surface area contributed by atoms with Gasteiger partial charge in [-0.05, 0) is 141 Å². The predicted octanol–water partition coefficient (Wildman–Crippen LogP) is 9.54. The molecular weight excluding hydrogens is 1060 g/mol. The first-order chi connectivity index (χ1) is 30.2. The number of hydrogen-bond acceptors (Lipinski definition) is 11. The van der Waals surface area contributed by atoms with Crippen molar-refractivity contribution in [1.82, 2.24) is 39.8 Å². The number of halogens is 3. The van der Waals surface area contributed by atoms with Crippen molar-refractivity contribution < 1.29 is 19.1 Å². The number of H-pyrrole nitrogens is 1. The summed E-state index contributed by atoms with van der Waals surface area (Å²) >= 11 is 4.31. The highest BCUT2D eigenvalue weighted by Crippen LogP contribution is 2.17. The van der Waals surface area contributed by atoms with Crippen molar-refractivity contribution in [3.8, 4) is 12.3 Å². The van der Waals surface area contributed by atoms with Crippen molar-refractivity contribution in [3.63, 3.8) is 0 Å². The molecular formula is C44H58ClI2N13O4. The molecule has 0 saturated carbocycles. The van der Waals surface area contributed by atoms with Crippen LogP contribution in [0.5, 0.6) is 0 Å². The molecule has 0 bridgehead atoms. The van der Waals surface area contributed by atoms with E-state index in [1.807, 2.05) is 74.1 Å². The van der Waals surface area contributed by atoms with Crippen LogP contribution in [0.4, 0.5) is 16.7 Å². The Morgan fingerprint density at radius 3 is 2.19 bits per heavy atom. The van der Waals surface area contributed by atoms with Gasteiger partial charge in [-0.2, -0.15) is 0 Å². The van der Waals surface area contributed by atoms with Gasteiger partial charge >= 0.3 is 6.09 Å². The Bertz CT molecular complexity index is 2290. The third kappa shape index (κ3) is 21.5. The first-order valence-corrected chi connectivity index (χ1v) is 22.9. The van der Waals surface area contributed by atoms with Crippen LogP contribution in [0, 0.1) is 19.5 Å². The lowest BCUT2D eigenvalue weighted by Crippen LogP contribution is -2.27. The van der Waals surface area contributed by atoms with Crippen molar-refractivity contribution >= 4 is 87.3 Å². The molecule has 20 heteroatoms. The third-order valence-electron chi connectivity index (χ3n) is 8.88. The number of ether oxygens (including phenoxy) is 1. The minimum Gasteiger partial charge on any atom is -0.443 e. The number of imidazole rings is 2. The van der Waals surface area contributed by atoms with Crippen molar-refractivity contribution in [2.45, 2.75) is 110 Å². The molecule has 5 rings (SSSR count). The number of amides is 1. The van der Waals surface area contributed by atoms with Crippen LogP contribution in [0.1, 0.15) is 116 Å². The lowest BCUT2D eigenvalue weighted by Gasteiger charge is -2.19. The fourth-order valence-electron chi connectivity index (χ4n) is 5.83. The van der Waals surface area contributed by atoms with Crippen molar-refractivity contribution in [2.75, 3.05) is 24.6 Å². The van der Waals surface area contributed by atoms with Gasteiger partial charge in [0.2, 0.25) is 5.95 Å². The van der Waals surface area contributed by atoms with Gasteiger partial charge in [0.1, 0.15) is 5.60 Å². The summed E-state index contributed by atoms with van der Waals surface area (Å²) in [5.41, 5.74) is 23.1. The van der Waals surface area contributed by atoms with E-state index in [1.165, 1.54) is 4.57 Å². The largest absolute Gasteiger partial charge is 0.443 e. The Hall–Kier alpha value is -5.17. The van der Waals surface area contributed by atoms with Gasteiger partial charge in [-0.1, -0.05) is 53.5 Å². The van der Waals surface area contributed by atoms with Crippen molar-refractivity contribution in [1.29, 1.82) is 0 Å². The average Bonchev–Trinajstić information content (AvgIpc) is 3.99. The molecule has 0 aliphatic rings. The number of aromatic amines is 1. The van der Waals surface area contributed by atoms with E-state index < -0.39 is 11.7 Å². The summed E-state index contributed by atoms with van der Waals surface area (Å²) < 4.78 is 10.3. The van der Waals surface area contributed by atoms with E-state index in [4.69, 9.17) is 28.2 Å². The molecule has 1 amide bonds. The number of unbranched alkanes of at least 4 members (excludes halogenated alkanes) is 5. The second kappa shape index (κ2) is 30.1. The smallest absolute Gasteiger partial charge is 0.421 e. The van der Waals surface area contributed by atoms with Crippen molar-refractivity contribution in [3.05, 3.63) is 113 Å². The summed E-state index contributed by atoms with van der Waals surface area (Å²) in [6, 6.07) is 15.0. The molecule has 3 aromatic heterocycles. The average molecular weight is 1120 g/mol. The molecule has 0 saturated heterocycles. The molecule has 64 heavy (non-hydrogen) atoms. The van der Waals surface area contributed by atoms with Crippen LogP contribution < -0.4 is 16.8 Å². The number of carbonyl (C=O) groups excluding carboxylic acids is 3. The molecule has 0 spiro atoms. The number of terminal acetylenes is 1. The monoisotopic (exact) mass is 1120 g/mol. The molecule has 17 nitrogen and oxygen atoms in total. The minimum absolute atomic E-state index is 0. The van der Waals surface area contributed by atoms with Gasteiger partial charge in [0, 0.05) is 68.2 Å². The molecule has 0 radical (unpaired) electrons. The van der Waals surface area contributed by atoms with Gasteiger partial charge in [-0.25, -0.2) is 19.3 Å². The van der Waals surface area contributed by atoms with Crippen LogP contribution in [0.25, 0.3) is 10.4 Å². The number of anilines is 2. The quantitative estimate of drug-likeness (QED) is 0.0109. The number of ketones is 1. The van der Waals surface area contributed by atoms with Gasteiger partial charge in [-0.15, -0.1) is 29.8 Å². The summed E-state index contributed by atoms with van der Waals surface area (Å²) in [6.07, 6.45) is 21.2. The van der Waals surface area contributed by atoms with Crippen molar-refractivity contribution in [2.24, 2.45) is 5.11 Å². The highest BCUT2D eigenvalue weighted by Gasteiger charge is 2.20. The number of carbonyl (C=O) groups is 3. The SMILES string of the molecule is C#CCCCCCc1cn(C(=O)OC(C)(C)C)c(N)n1.Cl.Nc1ncc(CCCCCc2cn(CCCC(=O)c3ccccc3I)nn2)[nH]1.[N-]=[N+]=NCCNC(=O)c1ccccc1I. The maximum Gasteiger partial charge on any atom is 0.421 e. The number of rotatable bonds is 20. The molecule has 0 aliphatic carbocycles. The van der Waals surface area contributed by atoms with Crippen LogP contribution in [0.15, 0.2) is 72.2 Å². The van der Waals surface area contributed by atoms with Crippen LogP contribution in [-0.4, -0.2) is 71.0 Å². The number of aromatic nitrogens is 7. The van der Waals surface area contributed by atoms with E-state index in [-0.39, 0.29) is 36.6 Å². The van der Waals surface area contributed by atoms with Crippen LogP contribution >= 0.6 is 57.6 Å². The molecule has 0 unspecified atom stereocenters. The molecule has 0 aliphatic heterocycles. The molecule has 3 heterocycles. The molecule has 344 valence electrons. The zero-order valence-electron chi connectivity index (χ0n) is 36.5. The first-order valence-electron chi connectivity index (χ1n) is 20.7. The van der Waals surface area contributed by atoms with Crippen LogP contribution in [-0.2, 0) is 30.5 Å². The molecule has 0 atom stereocenters. The topological polar surface area (TPSA) is 250 Å². The third-order valence-corrected chi connectivity index (χ3v) is 10.8. The van der Waals surface area contributed by atoms with E-state index in [0.717, 1.165) is 100 Å². The van der Waals surface area contributed by atoms with Gasteiger partial charge in [0.25, 0.3) is 5.91 Å². The summed E-state index contributed by atoms with van der Waals surface area (Å²) in [5, 5.41) is 14.4. The number of benzene rings is 2. The van der Waals surface area contributed by atoms with Crippen LogP contribution in [0.3, 0.4) is 0 Å². The lowest BCUT2D eigenvalue weighted by atomic mass is 10.1. The highest BCUT2D eigenvalue weighted by atomic mass is 127. The second-order valence-corrected chi connectivity index (χ2v) is 17.6. The van der Waals surface area contributed by atoms with Crippen LogP contribution in [0.2, 0.25) is 0 Å². The number of Topliss-reactive ketones (excluding diaryl/α,β-unsaturated/α-hetero) is 1.